The summed E-state index contributed by atoms with van der Waals surface area (Å²) in [7, 11) is 0. The van der Waals surface area contributed by atoms with Crippen LogP contribution in [-0.2, 0) is 0 Å². The van der Waals surface area contributed by atoms with E-state index in [0.717, 1.165) is 6.42 Å². The van der Waals surface area contributed by atoms with Crippen LogP contribution >= 0.6 is 15.9 Å². The third-order valence-electron chi connectivity index (χ3n) is 1.13. The third kappa shape index (κ3) is 6.09. The molecular formula is C9H15Br. The van der Waals surface area contributed by atoms with E-state index in [-0.39, 0.29) is 0 Å². The Balaban J connectivity index is 3.55. The van der Waals surface area contributed by atoms with Crippen LogP contribution in [0.15, 0.2) is 22.7 Å². The lowest BCUT2D eigenvalue weighted by Gasteiger charge is -1.86. The van der Waals surface area contributed by atoms with Gasteiger partial charge in [-0.1, -0.05) is 54.4 Å². The molecule has 10 heavy (non-hydrogen) atoms. The molecule has 1 heteroatoms. The summed E-state index contributed by atoms with van der Waals surface area (Å²) in [6.45, 7) is 4.32. The van der Waals surface area contributed by atoms with E-state index in [4.69, 9.17) is 0 Å². The first-order valence-corrected chi connectivity index (χ1v) is 4.62. The Kier molecular flexibility index (Phi) is 7.04. The van der Waals surface area contributed by atoms with Crippen molar-refractivity contribution in [2.45, 2.75) is 33.1 Å². The van der Waals surface area contributed by atoms with Gasteiger partial charge in [0.05, 0.1) is 0 Å². The molecule has 0 bridgehead atoms. The topological polar surface area (TPSA) is 0 Å². The van der Waals surface area contributed by atoms with Gasteiger partial charge in [0.1, 0.15) is 0 Å². The number of rotatable bonds is 4. The molecule has 0 saturated heterocycles. The summed E-state index contributed by atoms with van der Waals surface area (Å²) in [6.07, 6.45) is 9.96. The number of hydrogen-bond donors (Lipinski definition) is 0. The summed E-state index contributed by atoms with van der Waals surface area (Å²) >= 11 is 3.44. The second-order valence-electron chi connectivity index (χ2n) is 2.19. The molecule has 0 amide bonds. The fraction of sp³-hybridized carbons (Fsp3) is 0.556. The molecule has 0 aromatic carbocycles. The first-order valence-electron chi connectivity index (χ1n) is 3.83. The van der Waals surface area contributed by atoms with E-state index in [1.807, 2.05) is 0 Å². The maximum Gasteiger partial charge on any atom is 0.0132 e. The highest BCUT2D eigenvalue weighted by Crippen LogP contribution is 2.08. The minimum Gasteiger partial charge on any atom is -0.0834 e. The van der Waals surface area contributed by atoms with E-state index < -0.39 is 0 Å². The largest absolute Gasteiger partial charge is 0.0834 e. The van der Waals surface area contributed by atoms with Crippen molar-refractivity contribution in [3.8, 4) is 0 Å². The van der Waals surface area contributed by atoms with Gasteiger partial charge in [-0.3, -0.25) is 0 Å². The molecule has 0 radical (unpaired) electrons. The second-order valence-corrected chi connectivity index (χ2v) is 3.10. The fourth-order valence-electron chi connectivity index (χ4n) is 0.626. The van der Waals surface area contributed by atoms with E-state index in [0.29, 0.717) is 0 Å². The standard InChI is InChI=1S/C9H15Br/c1-3-5-6-8-9(10)7-4-2/h6-8H,3-5H2,1-2H3. The molecule has 0 aromatic rings. The monoisotopic (exact) mass is 202 g/mol. The molecule has 0 atom stereocenters. The molecule has 58 valence electrons. The number of allylic oxidation sites excluding steroid dienone is 4. The average Bonchev–Trinajstić information content (AvgIpc) is 1.89. The van der Waals surface area contributed by atoms with Gasteiger partial charge in [-0.05, 0) is 12.8 Å². The quantitative estimate of drug-likeness (QED) is 0.605. The predicted molar refractivity (Wildman–Crippen MR) is 51.3 cm³/mol. The summed E-state index contributed by atoms with van der Waals surface area (Å²) < 4.78 is 1.20. The maximum absolute atomic E-state index is 3.44. The average molecular weight is 203 g/mol. The first-order chi connectivity index (χ1) is 4.81. The Bertz CT molecular complexity index is 123. The summed E-state index contributed by atoms with van der Waals surface area (Å²) in [5.74, 6) is 0. The van der Waals surface area contributed by atoms with Crippen molar-refractivity contribution in [3.05, 3.63) is 22.7 Å². The van der Waals surface area contributed by atoms with Gasteiger partial charge in [0.15, 0.2) is 0 Å². The van der Waals surface area contributed by atoms with E-state index in [9.17, 15) is 0 Å². The summed E-state index contributed by atoms with van der Waals surface area (Å²) in [6, 6.07) is 0. The molecule has 0 saturated carbocycles. The normalized spacial score (nSPS) is 12.9. The van der Waals surface area contributed by atoms with Crippen molar-refractivity contribution in [2.75, 3.05) is 0 Å². The van der Waals surface area contributed by atoms with Gasteiger partial charge in [-0.15, -0.1) is 0 Å². The SMILES string of the molecule is CCC=C(Br)C=CCCC. The molecule has 0 spiro atoms. The van der Waals surface area contributed by atoms with Gasteiger partial charge in [0, 0.05) is 4.48 Å². The molecule has 0 N–H and O–H groups in total. The second kappa shape index (κ2) is 7.07. The highest BCUT2D eigenvalue weighted by Gasteiger charge is 1.79. The van der Waals surface area contributed by atoms with Gasteiger partial charge >= 0.3 is 0 Å². The lowest BCUT2D eigenvalue weighted by Crippen LogP contribution is -1.64. The molecule has 0 aliphatic rings. The van der Waals surface area contributed by atoms with Crippen LogP contribution in [0.5, 0.6) is 0 Å². The zero-order valence-corrected chi connectivity index (χ0v) is 8.32. The van der Waals surface area contributed by atoms with Gasteiger partial charge < -0.3 is 0 Å². The van der Waals surface area contributed by atoms with Crippen LogP contribution in [-0.4, -0.2) is 0 Å². The third-order valence-corrected chi connectivity index (χ3v) is 1.72. The zero-order valence-electron chi connectivity index (χ0n) is 6.73. The smallest absolute Gasteiger partial charge is 0.0132 e. The Hall–Kier alpha value is -0.0400. The van der Waals surface area contributed by atoms with Crippen LogP contribution in [0, 0.1) is 0 Å². The Morgan fingerprint density at radius 1 is 1.40 bits per heavy atom. The Morgan fingerprint density at radius 2 is 2.10 bits per heavy atom. The lowest BCUT2D eigenvalue weighted by molar-refractivity contribution is 0.958. The molecule has 0 heterocycles. The fourth-order valence-corrected chi connectivity index (χ4v) is 1.14. The van der Waals surface area contributed by atoms with Gasteiger partial charge in [0.2, 0.25) is 0 Å². The molecular weight excluding hydrogens is 188 g/mol. The molecule has 0 fully saturated rings. The zero-order chi connectivity index (χ0) is 7.82. The molecule has 0 nitrogen and oxygen atoms in total. The van der Waals surface area contributed by atoms with Crippen LogP contribution in [0.25, 0.3) is 0 Å². The minimum atomic E-state index is 1.09. The van der Waals surface area contributed by atoms with Crippen LogP contribution in [0.1, 0.15) is 33.1 Å². The van der Waals surface area contributed by atoms with Crippen LogP contribution in [0.3, 0.4) is 0 Å². The van der Waals surface area contributed by atoms with Crippen LogP contribution in [0.4, 0.5) is 0 Å². The maximum atomic E-state index is 3.44. The summed E-state index contributed by atoms with van der Waals surface area (Å²) in [5.41, 5.74) is 0. The summed E-state index contributed by atoms with van der Waals surface area (Å²) in [4.78, 5) is 0. The van der Waals surface area contributed by atoms with E-state index in [1.165, 1.54) is 17.3 Å². The van der Waals surface area contributed by atoms with Gasteiger partial charge in [0.25, 0.3) is 0 Å². The molecule has 0 rings (SSSR count). The molecule has 0 aliphatic heterocycles. The first kappa shape index (κ1) is 9.96. The van der Waals surface area contributed by atoms with E-state index in [2.05, 4.69) is 48.0 Å². The predicted octanol–water partition coefficient (Wildman–Crippen LogP) is 4.03. The number of halogens is 1. The van der Waals surface area contributed by atoms with Crippen molar-refractivity contribution in [1.29, 1.82) is 0 Å². The molecule has 0 aliphatic carbocycles. The molecule has 0 unspecified atom stereocenters. The van der Waals surface area contributed by atoms with Crippen molar-refractivity contribution in [3.63, 3.8) is 0 Å². The summed E-state index contributed by atoms with van der Waals surface area (Å²) in [5, 5.41) is 0. The van der Waals surface area contributed by atoms with Gasteiger partial charge in [-0.25, -0.2) is 0 Å². The molecule has 0 aromatic heterocycles. The van der Waals surface area contributed by atoms with Crippen molar-refractivity contribution in [1.82, 2.24) is 0 Å². The lowest BCUT2D eigenvalue weighted by atomic mass is 10.3. The van der Waals surface area contributed by atoms with Crippen molar-refractivity contribution < 1.29 is 0 Å². The van der Waals surface area contributed by atoms with Crippen LogP contribution in [0.2, 0.25) is 0 Å². The van der Waals surface area contributed by atoms with E-state index >= 15 is 0 Å². The Morgan fingerprint density at radius 3 is 2.60 bits per heavy atom. The highest BCUT2D eigenvalue weighted by atomic mass is 79.9. The highest BCUT2D eigenvalue weighted by molar-refractivity contribution is 9.11. The van der Waals surface area contributed by atoms with E-state index in [1.54, 1.807) is 0 Å². The van der Waals surface area contributed by atoms with Crippen molar-refractivity contribution >= 4 is 15.9 Å². The van der Waals surface area contributed by atoms with Crippen molar-refractivity contribution in [2.24, 2.45) is 0 Å². The van der Waals surface area contributed by atoms with Crippen LogP contribution < -0.4 is 0 Å². The number of unbranched alkanes of at least 4 members (excludes halogenated alkanes) is 1. The number of hydrogen-bond acceptors (Lipinski definition) is 0. The Labute approximate surface area is 72.1 Å². The minimum absolute atomic E-state index is 1.09. The van der Waals surface area contributed by atoms with Gasteiger partial charge in [-0.2, -0.15) is 0 Å².